The SMILES string of the molecule is C[C@@H]1OC[C@H](O)[C@H](O)[C@H]1O.[Ac]. The van der Waals surface area contributed by atoms with Crippen LogP contribution in [0.25, 0.3) is 0 Å². The zero-order chi connectivity index (χ0) is 7.72. The molecular formula is C6H12AcO4. The first-order chi connectivity index (χ1) is 4.63. The molecule has 1 radical (unpaired) electrons. The van der Waals surface area contributed by atoms with E-state index in [0.29, 0.717) is 0 Å². The van der Waals surface area contributed by atoms with Gasteiger partial charge in [0.2, 0.25) is 0 Å². The Morgan fingerprint density at radius 1 is 1.18 bits per heavy atom. The van der Waals surface area contributed by atoms with Crippen molar-refractivity contribution in [3.63, 3.8) is 0 Å². The Balaban J connectivity index is 0.000001000. The predicted octanol–water partition coefficient (Wildman–Crippen LogP) is -1.51. The van der Waals surface area contributed by atoms with Crippen LogP contribution < -0.4 is 0 Å². The third kappa shape index (κ3) is 2.91. The minimum atomic E-state index is -1.07. The normalized spacial score (nSPS) is 44.7. The maximum Gasteiger partial charge on any atom is 0.110 e. The van der Waals surface area contributed by atoms with Gasteiger partial charge < -0.3 is 20.1 Å². The van der Waals surface area contributed by atoms with Gasteiger partial charge in [-0.25, -0.2) is 0 Å². The smallest absolute Gasteiger partial charge is 0.110 e. The van der Waals surface area contributed by atoms with E-state index in [0.717, 1.165) is 0 Å². The third-order valence-corrected chi connectivity index (χ3v) is 1.75. The molecule has 0 saturated carbocycles. The van der Waals surface area contributed by atoms with Crippen molar-refractivity contribution in [2.75, 3.05) is 6.61 Å². The minimum Gasteiger partial charge on any atom is -0.388 e. The molecule has 1 rings (SSSR count). The largest absolute Gasteiger partial charge is 0.388 e. The second kappa shape index (κ2) is 5.11. The summed E-state index contributed by atoms with van der Waals surface area (Å²) in [6.07, 6.45) is -3.38. The van der Waals surface area contributed by atoms with E-state index in [2.05, 4.69) is 0 Å². The predicted molar refractivity (Wildman–Crippen MR) is 33.4 cm³/mol. The Labute approximate surface area is 101 Å². The quantitative estimate of drug-likeness (QED) is 0.482. The van der Waals surface area contributed by atoms with Gasteiger partial charge in [0.1, 0.15) is 18.3 Å². The fourth-order valence-electron chi connectivity index (χ4n) is 0.953. The number of ether oxygens (including phenoxy) is 1. The van der Waals surface area contributed by atoms with Crippen LogP contribution in [0.15, 0.2) is 0 Å². The third-order valence-electron chi connectivity index (χ3n) is 1.75. The molecule has 1 saturated heterocycles. The van der Waals surface area contributed by atoms with Crippen LogP contribution in [-0.4, -0.2) is 46.3 Å². The van der Waals surface area contributed by atoms with E-state index in [1.165, 1.54) is 0 Å². The van der Waals surface area contributed by atoms with Crippen molar-refractivity contribution in [2.24, 2.45) is 0 Å². The zero-order valence-corrected chi connectivity index (χ0v) is 11.1. The maximum absolute atomic E-state index is 9.08. The van der Waals surface area contributed by atoms with Gasteiger partial charge >= 0.3 is 0 Å². The van der Waals surface area contributed by atoms with Crippen LogP contribution in [0.4, 0.5) is 0 Å². The molecule has 1 fully saturated rings. The van der Waals surface area contributed by atoms with Crippen molar-refractivity contribution in [1.82, 2.24) is 0 Å². The van der Waals surface area contributed by atoms with E-state index in [4.69, 9.17) is 20.1 Å². The second-order valence-corrected chi connectivity index (χ2v) is 2.59. The molecule has 0 aromatic rings. The van der Waals surface area contributed by atoms with Gasteiger partial charge in [-0.2, -0.15) is 0 Å². The van der Waals surface area contributed by atoms with Crippen molar-refractivity contribution < 1.29 is 64.1 Å². The molecule has 0 amide bonds. The molecule has 0 aliphatic carbocycles. The number of hydrogen-bond donors (Lipinski definition) is 3. The molecule has 0 aromatic carbocycles. The fraction of sp³-hybridized carbons (Fsp3) is 1.00. The molecule has 4 atom stereocenters. The molecule has 0 unspecified atom stereocenters. The number of hydrogen-bond acceptors (Lipinski definition) is 4. The average Bonchev–Trinajstić information content (AvgIpc) is 1.93. The summed E-state index contributed by atoms with van der Waals surface area (Å²) in [4.78, 5) is 0. The Morgan fingerprint density at radius 3 is 2.18 bits per heavy atom. The van der Waals surface area contributed by atoms with Crippen LogP contribution in [0.2, 0.25) is 0 Å². The molecule has 1 heterocycles. The van der Waals surface area contributed by atoms with Gasteiger partial charge in [-0.15, -0.1) is 0 Å². The van der Waals surface area contributed by atoms with Crippen LogP contribution in [0.1, 0.15) is 6.92 Å². The van der Waals surface area contributed by atoms with E-state index in [-0.39, 0.29) is 50.7 Å². The standard InChI is InChI=1S/C6H12O4.Ac/c1-3-5(8)6(9)4(7)2-10-3;/h3-9H,2H2,1H3;/t3-,4-,5-,6-;/m0./s1. The van der Waals surface area contributed by atoms with Crippen LogP contribution in [0.3, 0.4) is 0 Å². The van der Waals surface area contributed by atoms with E-state index in [1.54, 1.807) is 6.92 Å². The molecule has 11 heavy (non-hydrogen) atoms. The summed E-state index contributed by atoms with van der Waals surface area (Å²) < 4.78 is 4.91. The summed E-state index contributed by atoms with van der Waals surface area (Å²) in [7, 11) is 0. The van der Waals surface area contributed by atoms with Gasteiger partial charge in [0, 0.05) is 44.1 Å². The first-order valence-corrected chi connectivity index (χ1v) is 3.28. The summed E-state index contributed by atoms with van der Waals surface area (Å²) in [6.45, 7) is 1.75. The van der Waals surface area contributed by atoms with Crippen LogP contribution in [0.5, 0.6) is 0 Å². The summed E-state index contributed by atoms with van der Waals surface area (Å²) in [5, 5.41) is 27.0. The summed E-state index contributed by atoms with van der Waals surface area (Å²) in [5.74, 6) is 0. The Bertz CT molecular complexity index is 107. The van der Waals surface area contributed by atoms with Crippen LogP contribution >= 0.6 is 0 Å². The summed E-state index contributed by atoms with van der Waals surface area (Å²) >= 11 is 0. The molecule has 1 aliphatic heterocycles. The Kier molecular flexibility index (Phi) is 5.70. The molecular weight excluding hydrogens is 363 g/mol. The van der Waals surface area contributed by atoms with Crippen LogP contribution in [0, 0.1) is 44.1 Å². The van der Waals surface area contributed by atoms with Gasteiger partial charge in [0.15, 0.2) is 0 Å². The van der Waals surface area contributed by atoms with Crippen molar-refractivity contribution in [1.29, 1.82) is 0 Å². The topological polar surface area (TPSA) is 69.9 Å². The number of aliphatic hydroxyl groups excluding tert-OH is 3. The van der Waals surface area contributed by atoms with Crippen LogP contribution in [-0.2, 0) is 4.74 Å². The van der Waals surface area contributed by atoms with E-state index < -0.39 is 24.4 Å². The fourth-order valence-corrected chi connectivity index (χ4v) is 0.953. The Hall–Kier alpha value is 1.28. The maximum atomic E-state index is 9.08. The molecule has 0 spiro atoms. The van der Waals surface area contributed by atoms with Gasteiger partial charge in [-0.1, -0.05) is 0 Å². The first-order valence-electron chi connectivity index (χ1n) is 3.28. The van der Waals surface area contributed by atoms with Gasteiger partial charge in [-0.05, 0) is 6.92 Å². The molecule has 3 N–H and O–H groups in total. The Morgan fingerprint density at radius 2 is 1.73 bits per heavy atom. The van der Waals surface area contributed by atoms with Gasteiger partial charge in [0.05, 0.1) is 12.7 Å². The molecule has 0 bridgehead atoms. The minimum absolute atomic E-state index is 0. The molecule has 0 aromatic heterocycles. The van der Waals surface area contributed by atoms with E-state index >= 15 is 0 Å². The average molecular weight is 375 g/mol. The molecule has 1 aliphatic rings. The monoisotopic (exact) mass is 375 g/mol. The summed E-state index contributed by atoms with van der Waals surface area (Å²) in [6, 6.07) is 0. The molecule has 4 nitrogen and oxygen atoms in total. The number of rotatable bonds is 0. The van der Waals surface area contributed by atoms with Crippen molar-refractivity contribution in [3.8, 4) is 0 Å². The van der Waals surface area contributed by atoms with Crippen molar-refractivity contribution >= 4 is 0 Å². The van der Waals surface area contributed by atoms with E-state index in [9.17, 15) is 0 Å². The van der Waals surface area contributed by atoms with Crippen molar-refractivity contribution in [2.45, 2.75) is 31.3 Å². The molecule has 5 heteroatoms. The summed E-state index contributed by atoms with van der Waals surface area (Å²) in [5.41, 5.74) is 0. The van der Waals surface area contributed by atoms with Crippen molar-refractivity contribution in [3.05, 3.63) is 0 Å². The number of aliphatic hydroxyl groups is 3. The zero-order valence-electron chi connectivity index (χ0n) is 6.34. The van der Waals surface area contributed by atoms with Gasteiger partial charge in [0.25, 0.3) is 0 Å². The van der Waals surface area contributed by atoms with E-state index in [1.807, 2.05) is 0 Å². The second-order valence-electron chi connectivity index (χ2n) is 2.59. The first kappa shape index (κ1) is 12.3. The van der Waals surface area contributed by atoms with Gasteiger partial charge in [-0.3, -0.25) is 0 Å². The molecule has 63 valence electrons.